The molecule has 1 aromatic carbocycles. The highest BCUT2D eigenvalue weighted by Gasteiger charge is 2.24. The van der Waals surface area contributed by atoms with Crippen LogP contribution in [-0.2, 0) is 0 Å². The first-order chi connectivity index (χ1) is 10.3. The standard InChI is InChI=1S/C16H25N5/c1-3-5-9-13(4-2)16(19-17)15-12-18-20-21(15)14-10-7-6-8-11-14/h6-8,10-13,16,19H,3-5,9,17H2,1-2H3. The van der Waals surface area contributed by atoms with Crippen LogP contribution in [0.3, 0.4) is 0 Å². The minimum Gasteiger partial charge on any atom is -0.271 e. The highest BCUT2D eigenvalue weighted by atomic mass is 15.4. The quantitative estimate of drug-likeness (QED) is 0.578. The summed E-state index contributed by atoms with van der Waals surface area (Å²) >= 11 is 0. The topological polar surface area (TPSA) is 68.8 Å². The number of hydrazine groups is 1. The molecule has 0 aliphatic rings. The van der Waals surface area contributed by atoms with Gasteiger partial charge in [0, 0.05) is 0 Å². The minimum absolute atomic E-state index is 0.0664. The zero-order chi connectivity index (χ0) is 15.1. The summed E-state index contributed by atoms with van der Waals surface area (Å²) in [4.78, 5) is 0. The van der Waals surface area contributed by atoms with Crippen molar-refractivity contribution in [2.45, 2.75) is 45.6 Å². The van der Waals surface area contributed by atoms with Crippen LogP contribution in [0.4, 0.5) is 0 Å². The second-order valence-electron chi connectivity index (χ2n) is 5.36. The molecule has 0 amide bonds. The summed E-state index contributed by atoms with van der Waals surface area (Å²) in [5.41, 5.74) is 5.00. The largest absolute Gasteiger partial charge is 0.271 e. The van der Waals surface area contributed by atoms with E-state index < -0.39 is 0 Å². The molecule has 0 spiro atoms. The smallest absolute Gasteiger partial charge is 0.0831 e. The van der Waals surface area contributed by atoms with Crippen LogP contribution in [-0.4, -0.2) is 15.0 Å². The Balaban J connectivity index is 2.28. The van der Waals surface area contributed by atoms with Crippen LogP contribution in [0.15, 0.2) is 36.5 Å². The third kappa shape index (κ3) is 3.68. The maximum atomic E-state index is 5.84. The molecule has 0 aliphatic heterocycles. The van der Waals surface area contributed by atoms with Gasteiger partial charge in [-0.25, -0.2) is 4.68 Å². The molecule has 2 unspecified atom stereocenters. The minimum atomic E-state index is 0.0664. The molecule has 2 atom stereocenters. The normalized spacial score (nSPS) is 14.0. The Morgan fingerprint density at radius 1 is 1.24 bits per heavy atom. The maximum absolute atomic E-state index is 5.84. The fourth-order valence-electron chi connectivity index (χ4n) is 2.76. The van der Waals surface area contributed by atoms with Crippen molar-refractivity contribution in [3.63, 3.8) is 0 Å². The van der Waals surface area contributed by atoms with E-state index in [0.717, 1.165) is 24.2 Å². The summed E-state index contributed by atoms with van der Waals surface area (Å²) in [6, 6.07) is 10.1. The molecule has 0 saturated carbocycles. The number of hydrogen-bond acceptors (Lipinski definition) is 4. The first-order valence-electron chi connectivity index (χ1n) is 7.73. The molecular formula is C16H25N5. The van der Waals surface area contributed by atoms with Crippen LogP contribution in [0.25, 0.3) is 5.69 Å². The third-order valence-electron chi connectivity index (χ3n) is 4.00. The molecular weight excluding hydrogens is 262 g/mol. The Bertz CT molecular complexity index is 522. The Hall–Kier alpha value is -1.72. The second-order valence-corrected chi connectivity index (χ2v) is 5.36. The van der Waals surface area contributed by atoms with E-state index >= 15 is 0 Å². The predicted octanol–water partition coefficient (Wildman–Crippen LogP) is 2.99. The van der Waals surface area contributed by atoms with Crippen molar-refractivity contribution in [1.29, 1.82) is 0 Å². The number of para-hydroxylation sites is 1. The zero-order valence-corrected chi connectivity index (χ0v) is 12.9. The molecule has 1 heterocycles. The third-order valence-corrected chi connectivity index (χ3v) is 4.00. The second kappa shape index (κ2) is 7.90. The van der Waals surface area contributed by atoms with Gasteiger partial charge in [0.25, 0.3) is 0 Å². The van der Waals surface area contributed by atoms with Gasteiger partial charge in [-0.05, 0) is 24.5 Å². The number of nitrogens with two attached hydrogens (primary N) is 1. The SMILES string of the molecule is CCCCC(CC)C(NN)c1cnnn1-c1ccccc1. The molecule has 1 aromatic heterocycles. The molecule has 5 heteroatoms. The maximum Gasteiger partial charge on any atom is 0.0831 e. The molecule has 2 aromatic rings. The predicted molar refractivity (Wildman–Crippen MR) is 84.7 cm³/mol. The number of nitrogens with zero attached hydrogens (tertiary/aromatic N) is 3. The van der Waals surface area contributed by atoms with Crippen LogP contribution >= 0.6 is 0 Å². The molecule has 5 nitrogen and oxygen atoms in total. The molecule has 0 fully saturated rings. The lowest BCUT2D eigenvalue weighted by Crippen LogP contribution is -2.35. The van der Waals surface area contributed by atoms with E-state index in [4.69, 9.17) is 5.84 Å². The fourth-order valence-corrected chi connectivity index (χ4v) is 2.76. The lowest BCUT2D eigenvalue weighted by molar-refractivity contribution is 0.317. The lowest BCUT2D eigenvalue weighted by atomic mass is 9.90. The van der Waals surface area contributed by atoms with Crippen LogP contribution in [0.2, 0.25) is 0 Å². The number of rotatable bonds is 8. The van der Waals surface area contributed by atoms with Crippen molar-refractivity contribution >= 4 is 0 Å². The fraction of sp³-hybridized carbons (Fsp3) is 0.500. The van der Waals surface area contributed by atoms with Crippen molar-refractivity contribution in [3.8, 4) is 5.69 Å². The highest BCUT2D eigenvalue weighted by Crippen LogP contribution is 2.29. The van der Waals surface area contributed by atoms with Crippen molar-refractivity contribution in [3.05, 3.63) is 42.2 Å². The Kier molecular flexibility index (Phi) is 5.90. The van der Waals surface area contributed by atoms with Gasteiger partial charge in [-0.1, -0.05) is 56.5 Å². The van der Waals surface area contributed by atoms with Gasteiger partial charge in [-0.3, -0.25) is 11.3 Å². The van der Waals surface area contributed by atoms with Gasteiger partial charge in [-0.15, -0.1) is 5.10 Å². The Morgan fingerprint density at radius 2 is 2.00 bits per heavy atom. The molecule has 0 radical (unpaired) electrons. The average Bonchev–Trinajstić information content (AvgIpc) is 3.01. The zero-order valence-electron chi connectivity index (χ0n) is 12.9. The summed E-state index contributed by atoms with van der Waals surface area (Å²) in [6.07, 6.45) is 6.45. The summed E-state index contributed by atoms with van der Waals surface area (Å²) in [5, 5.41) is 8.31. The van der Waals surface area contributed by atoms with E-state index in [1.54, 1.807) is 0 Å². The number of benzene rings is 1. The molecule has 21 heavy (non-hydrogen) atoms. The van der Waals surface area contributed by atoms with E-state index in [0.29, 0.717) is 5.92 Å². The van der Waals surface area contributed by atoms with Gasteiger partial charge in [0.1, 0.15) is 0 Å². The average molecular weight is 287 g/mol. The summed E-state index contributed by atoms with van der Waals surface area (Å²) < 4.78 is 1.87. The number of nitrogens with one attached hydrogen (secondary N) is 1. The van der Waals surface area contributed by atoms with Gasteiger partial charge >= 0.3 is 0 Å². The van der Waals surface area contributed by atoms with E-state index in [-0.39, 0.29) is 6.04 Å². The first kappa shape index (κ1) is 15.7. The van der Waals surface area contributed by atoms with Crippen molar-refractivity contribution in [1.82, 2.24) is 20.4 Å². The van der Waals surface area contributed by atoms with Gasteiger partial charge < -0.3 is 0 Å². The van der Waals surface area contributed by atoms with Gasteiger partial charge in [-0.2, -0.15) is 0 Å². The van der Waals surface area contributed by atoms with E-state index in [2.05, 4.69) is 29.6 Å². The number of unbranched alkanes of at least 4 members (excludes halogenated alkanes) is 1. The van der Waals surface area contributed by atoms with Crippen molar-refractivity contribution in [2.75, 3.05) is 0 Å². The summed E-state index contributed by atoms with van der Waals surface area (Å²) in [6.45, 7) is 4.43. The van der Waals surface area contributed by atoms with Gasteiger partial charge in [0.05, 0.1) is 23.6 Å². The number of hydrogen-bond donors (Lipinski definition) is 2. The van der Waals surface area contributed by atoms with Gasteiger partial charge in [0.15, 0.2) is 0 Å². The van der Waals surface area contributed by atoms with Crippen molar-refractivity contribution < 1.29 is 0 Å². The van der Waals surface area contributed by atoms with Crippen LogP contribution in [0.5, 0.6) is 0 Å². The lowest BCUT2D eigenvalue weighted by Gasteiger charge is -2.25. The molecule has 114 valence electrons. The molecule has 0 saturated heterocycles. The molecule has 0 bridgehead atoms. The van der Waals surface area contributed by atoms with Crippen LogP contribution in [0.1, 0.15) is 51.3 Å². The van der Waals surface area contributed by atoms with Crippen LogP contribution < -0.4 is 11.3 Å². The number of aromatic nitrogens is 3. The Morgan fingerprint density at radius 3 is 2.62 bits per heavy atom. The molecule has 0 aliphatic carbocycles. The first-order valence-corrected chi connectivity index (χ1v) is 7.73. The van der Waals surface area contributed by atoms with E-state index in [1.807, 2.05) is 41.2 Å². The Labute approximate surface area is 126 Å². The van der Waals surface area contributed by atoms with Gasteiger partial charge in [0.2, 0.25) is 0 Å². The summed E-state index contributed by atoms with van der Waals surface area (Å²) in [7, 11) is 0. The monoisotopic (exact) mass is 287 g/mol. The van der Waals surface area contributed by atoms with E-state index in [9.17, 15) is 0 Å². The van der Waals surface area contributed by atoms with Crippen LogP contribution in [0, 0.1) is 5.92 Å². The molecule has 3 N–H and O–H groups in total. The summed E-state index contributed by atoms with van der Waals surface area (Å²) in [5.74, 6) is 6.32. The highest BCUT2D eigenvalue weighted by molar-refractivity contribution is 5.32. The molecule has 2 rings (SSSR count). The van der Waals surface area contributed by atoms with Crippen molar-refractivity contribution in [2.24, 2.45) is 11.8 Å². The van der Waals surface area contributed by atoms with E-state index in [1.165, 1.54) is 12.8 Å².